The Morgan fingerprint density at radius 3 is 2.21 bits per heavy atom. The first-order valence-corrected chi connectivity index (χ1v) is 4.94. The predicted octanol–water partition coefficient (Wildman–Crippen LogP) is 2.62. The monoisotopic (exact) mass is 261 g/mol. The molecule has 0 bridgehead atoms. The molecule has 0 atom stereocenters. The van der Waals surface area contributed by atoms with E-state index in [1.165, 1.54) is 0 Å². The quantitative estimate of drug-likeness (QED) is 0.577. The van der Waals surface area contributed by atoms with E-state index in [9.17, 15) is 10.1 Å². The van der Waals surface area contributed by atoms with Crippen LogP contribution in [0.3, 0.4) is 0 Å². The smallest absolute Gasteiger partial charge is 0.258 e. The molecular formula is C8H12BrN3O2. The third kappa shape index (κ3) is 1.79. The molecule has 0 unspecified atom stereocenters. The summed E-state index contributed by atoms with van der Waals surface area (Å²) in [7, 11) is 0. The van der Waals surface area contributed by atoms with E-state index in [4.69, 9.17) is 0 Å². The van der Waals surface area contributed by atoms with Crippen molar-refractivity contribution in [2.75, 3.05) is 0 Å². The highest BCUT2D eigenvalue weighted by atomic mass is 79.9. The Hall–Kier alpha value is -0.910. The zero-order chi connectivity index (χ0) is 11.1. The summed E-state index contributed by atoms with van der Waals surface area (Å²) < 4.78 is 2.04. The molecule has 0 spiro atoms. The van der Waals surface area contributed by atoms with Crippen LogP contribution in [0.5, 0.6) is 0 Å². The number of hydrogen-bond acceptors (Lipinski definition) is 3. The highest BCUT2D eigenvalue weighted by Crippen LogP contribution is 2.31. The van der Waals surface area contributed by atoms with Gasteiger partial charge < -0.3 is 0 Å². The van der Waals surface area contributed by atoms with Gasteiger partial charge in [0.1, 0.15) is 5.69 Å². The van der Waals surface area contributed by atoms with Crippen molar-refractivity contribution in [2.24, 2.45) is 0 Å². The van der Waals surface area contributed by atoms with Crippen LogP contribution in [0.4, 0.5) is 5.69 Å². The zero-order valence-corrected chi connectivity index (χ0v) is 10.1. The van der Waals surface area contributed by atoms with Gasteiger partial charge in [0, 0.05) is 0 Å². The van der Waals surface area contributed by atoms with E-state index >= 15 is 0 Å². The van der Waals surface area contributed by atoms with E-state index in [1.54, 1.807) is 11.6 Å². The summed E-state index contributed by atoms with van der Waals surface area (Å²) in [6, 6.07) is 0. The fourth-order valence-corrected chi connectivity index (χ4v) is 2.19. The number of rotatable bonds is 1. The maximum atomic E-state index is 10.7. The summed E-state index contributed by atoms with van der Waals surface area (Å²) >= 11 is 3.20. The van der Waals surface area contributed by atoms with E-state index < -0.39 is 4.92 Å². The van der Waals surface area contributed by atoms with E-state index in [0.29, 0.717) is 10.3 Å². The second-order valence-electron chi connectivity index (χ2n) is 4.06. The highest BCUT2D eigenvalue weighted by Gasteiger charge is 2.28. The van der Waals surface area contributed by atoms with E-state index in [-0.39, 0.29) is 11.2 Å². The summed E-state index contributed by atoms with van der Waals surface area (Å²) in [5.41, 5.74) is 0.203. The minimum atomic E-state index is -0.422. The van der Waals surface area contributed by atoms with Crippen LogP contribution in [0.1, 0.15) is 26.5 Å². The molecule has 6 heteroatoms. The molecule has 0 amide bonds. The second-order valence-corrected chi connectivity index (χ2v) is 4.82. The Bertz CT molecular complexity index is 379. The van der Waals surface area contributed by atoms with Gasteiger partial charge in [-0.3, -0.25) is 10.1 Å². The maximum absolute atomic E-state index is 10.7. The van der Waals surface area contributed by atoms with Crippen molar-refractivity contribution >= 4 is 21.6 Å². The predicted molar refractivity (Wildman–Crippen MR) is 56.3 cm³/mol. The van der Waals surface area contributed by atoms with Crippen molar-refractivity contribution in [3.63, 3.8) is 0 Å². The lowest BCUT2D eigenvalue weighted by molar-refractivity contribution is -0.386. The SMILES string of the molecule is Cc1nn(C(C)(C)C)c(Br)c1[N+](=O)[O-]. The fourth-order valence-electron chi connectivity index (χ4n) is 1.14. The molecule has 0 aliphatic rings. The third-order valence-electron chi connectivity index (χ3n) is 1.79. The van der Waals surface area contributed by atoms with Crippen LogP contribution in [0.15, 0.2) is 4.60 Å². The summed E-state index contributed by atoms with van der Waals surface area (Å²) in [6.07, 6.45) is 0. The first-order chi connectivity index (χ1) is 6.25. The lowest BCUT2D eigenvalue weighted by Gasteiger charge is -2.19. The number of halogens is 1. The van der Waals surface area contributed by atoms with Gasteiger partial charge in [-0.1, -0.05) is 0 Å². The van der Waals surface area contributed by atoms with Crippen molar-refractivity contribution in [3.05, 3.63) is 20.4 Å². The fraction of sp³-hybridized carbons (Fsp3) is 0.625. The number of nitro groups is 1. The summed E-state index contributed by atoms with van der Waals surface area (Å²) in [4.78, 5) is 10.3. The van der Waals surface area contributed by atoms with Gasteiger partial charge in [0.2, 0.25) is 0 Å². The van der Waals surface area contributed by atoms with Crippen LogP contribution >= 0.6 is 15.9 Å². The molecule has 1 heterocycles. The maximum Gasteiger partial charge on any atom is 0.324 e. The standard InChI is InChI=1S/C8H12BrN3O2/c1-5-6(12(13)14)7(9)11(10-5)8(2,3)4/h1-4H3. The Morgan fingerprint density at radius 1 is 1.50 bits per heavy atom. The van der Waals surface area contributed by atoms with Gasteiger partial charge in [-0.05, 0) is 43.6 Å². The van der Waals surface area contributed by atoms with Gasteiger partial charge in [-0.15, -0.1) is 0 Å². The average molecular weight is 262 g/mol. The van der Waals surface area contributed by atoms with E-state index in [0.717, 1.165) is 0 Å². The van der Waals surface area contributed by atoms with Gasteiger partial charge in [0.15, 0.2) is 4.60 Å². The first-order valence-electron chi connectivity index (χ1n) is 4.15. The van der Waals surface area contributed by atoms with Crippen molar-refractivity contribution in [1.82, 2.24) is 9.78 Å². The van der Waals surface area contributed by atoms with Crippen molar-refractivity contribution in [2.45, 2.75) is 33.2 Å². The van der Waals surface area contributed by atoms with Crippen LogP contribution in [-0.4, -0.2) is 14.7 Å². The largest absolute Gasteiger partial charge is 0.324 e. The second kappa shape index (κ2) is 3.34. The average Bonchev–Trinajstić information content (AvgIpc) is 2.24. The minimum absolute atomic E-state index is 0.0416. The molecule has 1 rings (SSSR count). The molecule has 0 aliphatic carbocycles. The molecule has 0 N–H and O–H groups in total. The molecule has 5 nitrogen and oxygen atoms in total. The molecule has 14 heavy (non-hydrogen) atoms. The highest BCUT2D eigenvalue weighted by molar-refractivity contribution is 9.10. The lowest BCUT2D eigenvalue weighted by Crippen LogP contribution is -2.23. The topological polar surface area (TPSA) is 61.0 Å². The van der Waals surface area contributed by atoms with Gasteiger partial charge in [-0.2, -0.15) is 5.10 Å². The van der Waals surface area contributed by atoms with Crippen LogP contribution in [0, 0.1) is 17.0 Å². The third-order valence-corrected chi connectivity index (χ3v) is 2.50. The van der Waals surface area contributed by atoms with Crippen molar-refractivity contribution in [1.29, 1.82) is 0 Å². The van der Waals surface area contributed by atoms with Crippen LogP contribution < -0.4 is 0 Å². The molecule has 1 aromatic rings. The van der Waals surface area contributed by atoms with Gasteiger partial charge in [-0.25, -0.2) is 4.68 Å². The molecule has 0 saturated heterocycles. The van der Waals surface area contributed by atoms with Gasteiger partial charge >= 0.3 is 5.69 Å². The molecule has 0 aliphatic heterocycles. The first kappa shape index (κ1) is 11.2. The van der Waals surface area contributed by atoms with E-state index in [1.807, 2.05) is 20.8 Å². The van der Waals surface area contributed by atoms with E-state index in [2.05, 4.69) is 21.0 Å². The summed E-state index contributed by atoms with van der Waals surface area (Å²) in [6.45, 7) is 7.45. The minimum Gasteiger partial charge on any atom is -0.258 e. The molecule has 0 saturated carbocycles. The Kier molecular flexibility index (Phi) is 2.67. The summed E-state index contributed by atoms with van der Waals surface area (Å²) in [5.74, 6) is 0. The number of aromatic nitrogens is 2. The normalized spacial score (nSPS) is 11.8. The van der Waals surface area contributed by atoms with Crippen molar-refractivity contribution in [3.8, 4) is 0 Å². The molecule has 78 valence electrons. The molecule has 0 radical (unpaired) electrons. The lowest BCUT2D eigenvalue weighted by atomic mass is 10.1. The van der Waals surface area contributed by atoms with Crippen LogP contribution in [0.25, 0.3) is 0 Å². The molecular weight excluding hydrogens is 250 g/mol. The van der Waals surface area contributed by atoms with Crippen LogP contribution in [0.2, 0.25) is 0 Å². The summed E-state index contributed by atoms with van der Waals surface area (Å²) in [5, 5.41) is 14.8. The van der Waals surface area contributed by atoms with Gasteiger partial charge in [0.25, 0.3) is 0 Å². The molecule has 0 aromatic carbocycles. The van der Waals surface area contributed by atoms with Crippen molar-refractivity contribution < 1.29 is 4.92 Å². The number of aryl methyl sites for hydroxylation is 1. The number of hydrogen-bond donors (Lipinski definition) is 0. The van der Waals surface area contributed by atoms with Crippen LogP contribution in [-0.2, 0) is 5.54 Å². The Morgan fingerprint density at radius 2 is 2.00 bits per heavy atom. The molecule has 1 aromatic heterocycles. The number of nitrogens with zero attached hydrogens (tertiary/aromatic N) is 3. The Balaban J connectivity index is 3.39. The Labute approximate surface area is 90.4 Å². The zero-order valence-electron chi connectivity index (χ0n) is 8.54. The molecule has 0 fully saturated rings. The van der Waals surface area contributed by atoms with Gasteiger partial charge in [0.05, 0.1) is 10.5 Å².